The third-order valence-electron chi connectivity index (χ3n) is 6.74. The van der Waals surface area contributed by atoms with E-state index >= 15 is 0 Å². The lowest BCUT2D eigenvalue weighted by atomic mass is 10.0. The molecule has 1 aliphatic heterocycles. The molecule has 1 saturated heterocycles. The first-order chi connectivity index (χ1) is 19.6. The molecule has 0 spiro atoms. The van der Waals surface area contributed by atoms with Gasteiger partial charge in [-0.2, -0.15) is 0 Å². The maximum absolute atomic E-state index is 13.9. The molecule has 0 saturated carbocycles. The Kier molecular flexibility index (Phi) is 6.95. The molecule has 6 rings (SSSR count). The molecule has 196 valence electrons. The highest BCUT2D eigenvalue weighted by Gasteiger charge is 2.41. The van der Waals surface area contributed by atoms with Crippen LogP contribution in [0.4, 0.5) is 11.4 Å². The van der Waals surface area contributed by atoms with Crippen LogP contribution in [0.2, 0.25) is 0 Å². The van der Waals surface area contributed by atoms with Gasteiger partial charge in [0, 0.05) is 22.7 Å². The van der Waals surface area contributed by atoms with Gasteiger partial charge in [0.15, 0.2) is 5.11 Å². The summed E-state index contributed by atoms with van der Waals surface area (Å²) in [5.41, 5.74) is 2.97. The van der Waals surface area contributed by atoms with Crippen LogP contribution in [0.1, 0.15) is 5.56 Å². The van der Waals surface area contributed by atoms with Crippen molar-refractivity contribution in [3.8, 4) is 5.75 Å². The van der Waals surface area contributed by atoms with Gasteiger partial charge in [-0.15, -0.1) is 0 Å². The number of hydrogen-bond acceptors (Lipinski definition) is 4. The van der Waals surface area contributed by atoms with Crippen LogP contribution < -0.4 is 14.5 Å². The van der Waals surface area contributed by atoms with E-state index in [9.17, 15) is 9.59 Å². The zero-order valence-electron chi connectivity index (χ0n) is 21.5. The predicted molar refractivity (Wildman–Crippen MR) is 162 cm³/mol. The van der Waals surface area contributed by atoms with Gasteiger partial charge in [-0.1, -0.05) is 72.8 Å². The Hall–Kier alpha value is -5.01. The minimum Gasteiger partial charge on any atom is -0.492 e. The number of rotatable bonds is 7. The summed E-state index contributed by atoms with van der Waals surface area (Å²) in [4.78, 5) is 30.6. The molecule has 0 atom stereocenters. The first-order valence-corrected chi connectivity index (χ1v) is 13.3. The Morgan fingerprint density at radius 1 is 0.675 bits per heavy atom. The number of thiocarbonyl (C=S) groups is 1. The lowest BCUT2D eigenvalue weighted by Crippen LogP contribution is -2.56. The molecule has 4 aromatic carbocycles. The third-order valence-corrected chi connectivity index (χ3v) is 7.11. The van der Waals surface area contributed by atoms with E-state index in [1.807, 2.05) is 97.2 Å². The molecule has 5 aromatic rings. The quantitative estimate of drug-likeness (QED) is 0.134. The number of benzene rings is 4. The molecule has 40 heavy (non-hydrogen) atoms. The second-order valence-corrected chi connectivity index (χ2v) is 9.61. The number of para-hydroxylation sites is 4. The third kappa shape index (κ3) is 4.79. The van der Waals surface area contributed by atoms with Crippen molar-refractivity contribution < 1.29 is 14.3 Å². The maximum Gasteiger partial charge on any atom is 0.270 e. The summed E-state index contributed by atoms with van der Waals surface area (Å²) in [5.74, 6) is -0.118. The van der Waals surface area contributed by atoms with Crippen molar-refractivity contribution in [1.82, 2.24) is 4.57 Å². The molecule has 0 radical (unpaired) electrons. The minimum atomic E-state index is -0.461. The molecule has 0 N–H and O–H groups in total. The molecule has 1 aliphatic rings. The van der Waals surface area contributed by atoms with Crippen LogP contribution >= 0.6 is 12.2 Å². The number of carbonyl (C=O) groups excluding carboxylic acids is 2. The molecule has 6 nitrogen and oxygen atoms in total. The number of fused-ring (bicyclic) bond motifs is 1. The molecule has 2 amide bonds. The van der Waals surface area contributed by atoms with Crippen molar-refractivity contribution >= 4 is 57.5 Å². The molecule has 1 fully saturated rings. The predicted octanol–water partition coefficient (Wildman–Crippen LogP) is 6.47. The van der Waals surface area contributed by atoms with Crippen LogP contribution in [0.5, 0.6) is 5.75 Å². The Labute approximate surface area is 237 Å². The zero-order valence-corrected chi connectivity index (χ0v) is 22.3. The Bertz CT molecular complexity index is 1670. The van der Waals surface area contributed by atoms with Crippen molar-refractivity contribution in [3.63, 3.8) is 0 Å². The molecule has 1 aromatic heterocycles. The summed E-state index contributed by atoms with van der Waals surface area (Å²) in [7, 11) is 0. The lowest BCUT2D eigenvalue weighted by Gasteiger charge is -2.36. The molecular formula is C33H25N3O3S. The van der Waals surface area contributed by atoms with Gasteiger partial charge in [0.25, 0.3) is 11.8 Å². The average Bonchev–Trinajstić information content (AvgIpc) is 3.34. The van der Waals surface area contributed by atoms with E-state index in [1.54, 1.807) is 30.3 Å². The summed E-state index contributed by atoms with van der Waals surface area (Å²) in [5, 5.41) is 1.05. The fourth-order valence-corrected chi connectivity index (χ4v) is 5.23. The number of anilines is 2. The van der Waals surface area contributed by atoms with Crippen LogP contribution in [0.3, 0.4) is 0 Å². The second-order valence-electron chi connectivity index (χ2n) is 9.25. The van der Waals surface area contributed by atoms with Crippen LogP contribution in [0.15, 0.2) is 127 Å². The van der Waals surface area contributed by atoms with Crippen molar-refractivity contribution in [3.05, 3.63) is 133 Å². The van der Waals surface area contributed by atoms with Crippen molar-refractivity contribution in [2.75, 3.05) is 16.4 Å². The number of hydrogen-bond donors (Lipinski definition) is 0. The first-order valence-electron chi connectivity index (χ1n) is 12.9. The van der Waals surface area contributed by atoms with E-state index in [4.69, 9.17) is 17.0 Å². The molecule has 0 unspecified atom stereocenters. The molecule has 7 heteroatoms. The Morgan fingerprint density at radius 2 is 1.20 bits per heavy atom. The highest BCUT2D eigenvalue weighted by molar-refractivity contribution is 7.81. The number of amides is 2. The number of carbonyl (C=O) groups is 2. The van der Waals surface area contributed by atoms with Crippen LogP contribution in [0, 0.1) is 0 Å². The SMILES string of the molecule is O=C1C(=Cc2cn(CCOc3ccccc3)c3ccccc23)C(=O)N(c2ccccc2)C(=S)N1c1ccccc1. The summed E-state index contributed by atoms with van der Waals surface area (Å²) in [6.45, 7) is 1.06. The first kappa shape index (κ1) is 25.3. The van der Waals surface area contributed by atoms with E-state index in [-0.39, 0.29) is 10.7 Å². The fourth-order valence-electron chi connectivity index (χ4n) is 4.85. The van der Waals surface area contributed by atoms with E-state index in [1.165, 1.54) is 9.80 Å². The molecular weight excluding hydrogens is 518 g/mol. The van der Waals surface area contributed by atoms with Gasteiger partial charge in [-0.25, -0.2) is 0 Å². The highest BCUT2D eigenvalue weighted by atomic mass is 32.1. The van der Waals surface area contributed by atoms with Crippen LogP contribution in [-0.4, -0.2) is 28.1 Å². The van der Waals surface area contributed by atoms with Crippen molar-refractivity contribution in [2.24, 2.45) is 0 Å². The van der Waals surface area contributed by atoms with Crippen molar-refractivity contribution in [2.45, 2.75) is 6.54 Å². The van der Waals surface area contributed by atoms with E-state index in [0.29, 0.717) is 24.5 Å². The van der Waals surface area contributed by atoms with Crippen LogP contribution in [-0.2, 0) is 16.1 Å². The van der Waals surface area contributed by atoms with Gasteiger partial charge in [-0.05, 0) is 60.8 Å². The average molecular weight is 544 g/mol. The van der Waals surface area contributed by atoms with Gasteiger partial charge in [0.2, 0.25) is 0 Å². The molecule has 2 heterocycles. The minimum absolute atomic E-state index is 0.0322. The lowest BCUT2D eigenvalue weighted by molar-refractivity contribution is -0.120. The van der Waals surface area contributed by atoms with Crippen molar-refractivity contribution in [1.29, 1.82) is 0 Å². The summed E-state index contributed by atoms with van der Waals surface area (Å²) < 4.78 is 8.00. The Morgan fingerprint density at radius 3 is 1.80 bits per heavy atom. The fraction of sp³-hybridized carbons (Fsp3) is 0.0606. The largest absolute Gasteiger partial charge is 0.492 e. The summed E-state index contributed by atoms with van der Waals surface area (Å²) in [6.07, 6.45) is 3.63. The standard InChI is InChI=1S/C33H25N3O3S/c37-31-29(32(38)36(26-14-6-2-7-15-26)33(40)35(31)25-12-4-1-5-13-25)22-24-23-34(30-19-11-10-18-28(24)30)20-21-39-27-16-8-3-9-17-27/h1-19,22-23H,20-21H2. The van der Waals surface area contributed by atoms with Gasteiger partial charge in [0.05, 0.1) is 17.9 Å². The number of ether oxygens (including phenoxy) is 1. The topological polar surface area (TPSA) is 54.8 Å². The van der Waals surface area contributed by atoms with Crippen LogP contribution in [0.25, 0.3) is 17.0 Å². The Balaban J connectivity index is 1.40. The van der Waals surface area contributed by atoms with Gasteiger partial charge >= 0.3 is 0 Å². The number of aromatic nitrogens is 1. The zero-order chi connectivity index (χ0) is 27.5. The smallest absolute Gasteiger partial charge is 0.270 e. The summed E-state index contributed by atoms with van der Waals surface area (Å²) in [6, 6.07) is 35.9. The normalized spacial score (nSPS) is 13.7. The van der Waals surface area contributed by atoms with E-state index in [0.717, 1.165) is 22.2 Å². The van der Waals surface area contributed by atoms with Gasteiger partial charge < -0.3 is 9.30 Å². The van der Waals surface area contributed by atoms with Gasteiger partial charge in [-0.3, -0.25) is 19.4 Å². The van der Waals surface area contributed by atoms with E-state index < -0.39 is 11.8 Å². The summed E-state index contributed by atoms with van der Waals surface area (Å²) >= 11 is 5.72. The molecule has 0 aliphatic carbocycles. The van der Waals surface area contributed by atoms with Gasteiger partial charge in [0.1, 0.15) is 17.9 Å². The molecule has 0 bridgehead atoms. The monoisotopic (exact) mass is 543 g/mol. The highest BCUT2D eigenvalue weighted by Crippen LogP contribution is 2.31. The van der Waals surface area contributed by atoms with E-state index in [2.05, 4.69) is 4.57 Å². The maximum atomic E-state index is 13.9. The number of nitrogens with zero attached hydrogens (tertiary/aromatic N) is 3. The second kappa shape index (κ2) is 11.0.